The normalized spacial score (nSPS) is 10.8. The van der Waals surface area contributed by atoms with Crippen LogP contribution in [0.1, 0.15) is 34.8 Å². The molecule has 4 aromatic rings. The maximum Gasteiger partial charge on any atom is 0.220 e. The molecule has 0 saturated carbocycles. The number of nitrogens with one attached hydrogen (secondary N) is 2. The lowest BCUT2D eigenvalue weighted by Gasteiger charge is -2.11. The van der Waals surface area contributed by atoms with Crippen LogP contribution in [0, 0.1) is 25.2 Å². The molecule has 10 nitrogen and oxygen atoms in total. The molecule has 0 unspecified atom stereocenters. The minimum atomic E-state index is -0.107. The summed E-state index contributed by atoms with van der Waals surface area (Å²) in [6.07, 6.45) is 2.31. The van der Waals surface area contributed by atoms with Crippen molar-refractivity contribution in [2.75, 3.05) is 7.11 Å². The van der Waals surface area contributed by atoms with Crippen LogP contribution in [0.2, 0.25) is 0 Å². The molecule has 0 radical (unpaired) electrons. The predicted molar refractivity (Wildman–Crippen MR) is 116 cm³/mol. The lowest BCUT2D eigenvalue weighted by Crippen LogP contribution is -2.24. The predicted octanol–water partition coefficient (Wildman–Crippen LogP) is 2.26. The molecular formula is C22H22N8O2. The molecule has 1 aromatic carbocycles. The Labute approximate surface area is 184 Å². The van der Waals surface area contributed by atoms with Gasteiger partial charge < -0.3 is 10.1 Å². The Morgan fingerprint density at radius 3 is 2.75 bits per heavy atom. The summed E-state index contributed by atoms with van der Waals surface area (Å²) in [6.45, 7) is 4.05. The Kier molecular flexibility index (Phi) is 5.81. The van der Waals surface area contributed by atoms with Crippen LogP contribution < -0.4 is 10.1 Å². The summed E-state index contributed by atoms with van der Waals surface area (Å²) in [5, 5.41) is 23.3. The van der Waals surface area contributed by atoms with Gasteiger partial charge in [-0.25, -0.2) is 14.5 Å². The van der Waals surface area contributed by atoms with Gasteiger partial charge in [0.2, 0.25) is 5.91 Å². The Balaban J connectivity index is 1.36. The topological polar surface area (TPSA) is 134 Å². The fourth-order valence-corrected chi connectivity index (χ4v) is 3.50. The minimum Gasteiger partial charge on any atom is -0.497 e. The maximum absolute atomic E-state index is 12.4. The Hall–Kier alpha value is -4.26. The van der Waals surface area contributed by atoms with Gasteiger partial charge in [-0.05, 0) is 50.1 Å². The highest BCUT2D eigenvalue weighted by atomic mass is 16.5. The van der Waals surface area contributed by atoms with Crippen LogP contribution in [0.25, 0.3) is 17.0 Å². The SMILES string of the molecule is COc1ccc(-c2n[nH]c(CNC(=O)CCc3c(C)nc4c(C#N)cnn4c3C)n2)cc1. The molecule has 4 rings (SSSR count). The van der Waals surface area contributed by atoms with Crippen LogP contribution in [-0.2, 0) is 17.8 Å². The largest absolute Gasteiger partial charge is 0.497 e. The van der Waals surface area contributed by atoms with Gasteiger partial charge in [0.15, 0.2) is 11.5 Å². The van der Waals surface area contributed by atoms with E-state index in [4.69, 9.17) is 4.74 Å². The number of hydrogen-bond donors (Lipinski definition) is 2. The monoisotopic (exact) mass is 430 g/mol. The molecule has 3 heterocycles. The van der Waals surface area contributed by atoms with Gasteiger partial charge in [-0.2, -0.15) is 15.5 Å². The van der Waals surface area contributed by atoms with E-state index in [0.717, 1.165) is 28.3 Å². The first-order valence-corrected chi connectivity index (χ1v) is 10.1. The first-order valence-electron chi connectivity index (χ1n) is 10.1. The highest BCUT2D eigenvalue weighted by molar-refractivity contribution is 5.76. The summed E-state index contributed by atoms with van der Waals surface area (Å²) >= 11 is 0. The number of aromatic amines is 1. The van der Waals surface area contributed by atoms with Crippen molar-refractivity contribution >= 4 is 11.6 Å². The number of hydrogen-bond acceptors (Lipinski definition) is 7. The van der Waals surface area contributed by atoms with E-state index in [1.54, 1.807) is 11.6 Å². The third-order valence-electron chi connectivity index (χ3n) is 5.26. The first-order chi connectivity index (χ1) is 15.5. The van der Waals surface area contributed by atoms with E-state index in [9.17, 15) is 10.1 Å². The van der Waals surface area contributed by atoms with Gasteiger partial charge in [0.25, 0.3) is 0 Å². The zero-order valence-electron chi connectivity index (χ0n) is 18.0. The van der Waals surface area contributed by atoms with Gasteiger partial charge >= 0.3 is 0 Å². The second-order valence-corrected chi connectivity index (χ2v) is 7.28. The molecule has 0 aliphatic rings. The van der Waals surface area contributed by atoms with Crippen molar-refractivity contribution < 1.29 is 9.53 Å². The lowest BCUT2D eigenvalue weighted by molar-refractivity contribution is -0.121. The van der Waals surface area contributed by atoms with Gasteiger partial charge in [-0.1, -0.05) is 0 Å². The molecule has 32 heavy (non-hydrogen) atoms. The van der Waals surface area contributed by atoms with Crippen LogP contribution in [0.3, 0.4) is 0 Å². The quantitative estimate of drug-likeness (QED) is 0.459. The first kappa shape index (κ1) is 21.0. The van der Waals surface area contributed by atoms with Crippen molar-refractivity contribution in [3.63, 3.8) is 0 Å². The molecule has 10 heteroatoms. The average Bonchev–Trinajstić information content (AvgIpc) is 3.44. The molecule has 0 atom stereocenters. The van der Waals surface area contributed by atoms with Crippen molar-refractivity contribution in [2.24, 2.45) is 0 Å². The number of H-pyrrole nitrogens is 1. The molecule has 0 aliphatic carbocycles. The van der Waals surface area contributed by atoms with Crippen molar-refractivity contribution in [2.45, 2.75) is 33.2 Å². The number of fused-ring (bicyclic) bond motifs is 1. The number of carbonyl (C=O) groups is 1. The number of benzene rings is 1. The average molecular weight is 430 g/mol. The van der Waals surface area contributed by atoms with Gasteiger partial charge in [0.1, 0.15) is 23.2 Å². The molecule has 1 amide bonds. The summed E-state index contributed by atoms with van der Waals surface area (Å²) < 4.78 is 6.80. The molecule has 0 fully saturated rings. The van der Waals surface area contributed by atoms with Gasteiger partial charge in [0, 0.05) is 23.4 Å². The molecule has 162 valence electrons. The van der Waals surface area contributed by atoms with Crippen LogP contribution in [-0.4, -0.2) is 42.8 Å². The smallest absolute Gasteiger partial charge is 0.220 e. The third-order valence-corrected chi connectivity index (χ3v) is 5.26. The minimum absolute atomic E-state index is 0.107. The van der Waals surface area contributed by atoms with Crippen molar-refractivity contribution in [1.82, 2.24) is 35.1 Å². The van der Waals surface area contributed by atoms with Crippen molar-refractivity contribution in [3.05, 3.63) is 58.8 Å². The van der Waals surface area contributed by atoms with Crippen molar-refractivity contribution in [1.29, 1.82) is 5.26 Å². The number of aromatic nitrogens is 6. The van der Waals surface area contributed by atoms with E-state index >= 15 is 0 Å². The maximum atomic E-state index is 12.4. The zero-order chi connectivity index (χ0) is 22.7. The zero-order valence-corrected chi connectivity index (χ0v) is 18.0. The summed E-state index contributed by atoms with van der Waals surface area (Å²) in [5.74, 6) is 1.78. The summed E-state index contributed by atoms with van der Waals surface area (Å²) in [7, 11) is 1.61. The van der Waals surface area contributed by atoms with Gasteiger partial charge in [0.05, 0.1) is 19.9 Å². The number of carbonyl (C=O) groups excluding carboxylic acids is 1. The number of ether oxygens (including phenoxy) is 1. The molecule has 0 spiro atoms. The second kappa shape index (κ2) is 8.85. The molecular weight excluding hydrogens is 408 g/mol. The van der Waals surface area contributed by atoms with Crippen LogP contribution in [0.15, 0.2) is 30.5 Å². The van der Waals surface area contributed by atoms with Gasteiger partial charge in [-0.15, -0.1) is 0 Å². The van der Waals surface area contributed by atoms with Crippen LogP contribution >= 0.6 is 0 Å². The highest BCUT2D eigenvalue weighted by Crippen LogP contribution is 2.20. The van der Waals surface area contributed by atoms with Crippen LogP contribution in [0.5, 0.6) is 5.75 Å². The summed E-state index contributed by atoms with van der Waals surface area (Å²) in [4.78, 5) is 21.3. The van der Waals surface area contributed by atoms with E-state index in [-0.39, 0.29) is 12.5 Å². The fourth-order valence-electron chi connectivity index (χ4n) is 3.50. The number of methoxy groups -OCH3 is 1. The third kappa shape index (κ3) is 4.13. The number of aryl methyl sites for hydroxylation is 2. The lowest BCUT2D eigenvalue weighted by atomic mass is 10.1. The molecule has 3 aromatic heterocycles. The molecule has 0 saturated heterocycles. The molecule has 0 aliphatic heterocycles. The standard InChI is InChI=1S/C22H22N8O2/c1-13-18(14(2)30-22(26-13)16(10-23)11-25-30)8-9-20(31)24-12-19-27-21(29-28-19)15-4-6-17(32-3)7-5-15/h4-7,11H,8-9,12H2,1-3H3,(H,24,31)(H,27,28,29). The fraction of sp³-hybridized carbons (Fsp3) is 0.273. The Bertz CT molecular complexity index is 1310. The van der Waals surface area contributed by atoms with Gasteiger partial charge in [-0.3, -0.25) is 9.89 Å². The van der Waals surface area contributed by atoms with Crippen LogP contribution in [0.4, 0.5) is 0 Å². The Morgan fingerprint density at radius 1 is 1.25 bits per heavy atom. The summed E-state index contributed by atoms with van der Waals surface area (Å²) in [6, 6.07) is 9.52. The highest BCUT2D eigenvalue weighted by Gasteiger charge is 2.15. The van der Waals surface area contributed by atoms with E-state index < -0.39 is 0 Å². The van der Waals surface area contributed by atoms with E-state index in [1.165, 1.54) is 6.20 Å². The van der Waals surface area contributed by atoms with E-state index in [1.807, 2.05) is 38.1 Å². The molecule has 2 N–H and O–H groups in total. The van der Waals surface area contributed by atoms with E-state index in [0.29, 0.717) is 35.7 Å². The summed E-state index contributed by atoms with van der Waals surface area (Å²) in [5.41, 5.74) is 4.43. The Morgan fingerprint density at radius 2 is 2.03 bits per heavy atom. The number of nitriles is 1. The number of rotatable bonds is 7. The second-order valence-electron chi connectivity index (χ2n) is 7.28. The number of amides is 1. The van der Waals surface area contributed by atoms with Crippen molar-refractivity contribution in [3.8, 4) is 23.2 Å². The molecule has 0 bridgehead atoms. The number of nitrogens with zero attached hydrogens (tertiary/aromatic N) is 6. The van der Waals surface area contributed by atoms with E-state index in [2.05, 4.69) is 36.7 Å².